The summed E-state index contributed by atoms with van der Waals surface area (Å²) < 4.78 is 0. The van der Waals surface area contributed by atoms with E-state index in [1.54, 1.807) is 6.08 Å². The number of rotatable bonds is 0. The Morgan fingerprint density at radius 3 is 2.22 bits per heavy atom. The van der Waals surface area contributed by atoms with Crippen LogP contribution in [0.4, 0.5) is 0 Å². The number of allylic oxidation sites excluding steroid dienone is 1. The van der Waals surface area contributed by atoms with E-state index < -0.39 is 8.07 Å². The highest BCUT2D eigenvalue weighted by molar-refractivity contribution is 6.83. The zero-order valence-corrected chi connectivity index (χ0v) is 7.79. The van der Waals surface area contributed by atoms with Crippen LogP contribution in [0.5, 0.6) is 0 Å². The Balaban J connectivity index is 3.88. The largest absolute Gasteiger partial charge is 0.129 e. The number of hydrogen-bond donors (Lipinski definition) is 0. The van der Waals surface area contributed by atoms with E-state index in [0.29, 0.717) is 0 Å². The van der Waals surface area contributed by atoms with E-state index in [-0.39, 0.29) is 0 Å². The first-order chi connectivity index (χ1) is 4.06. The van der Waals surface area contributed by atoms with Gasteiger partial charge < -0.3 is 0 Å². The van der Waals surface area contributed by atoms with Crippen LogP contribution in [0.3, 0.4) is 0 Å². The molecule has 0 aromatic rings. The van der Waals surface area contributed by atoms with Crippen molar-refractivity contribution in [1.29, 1.82) is 0 Å². The summed E-state index contributed by atoms with van der Waals surface area (Å²) in [4.78, 5) is 0. The van der Waals surface area contributed by atoms with Gasteiger partial charge in [0.15, 0.2) is 0 Å². The second kappa shape index (κ2) is 3.76. The quantitative estimate of drug-likeness (QED) is 0.376. The monoisotopic (exact) mass is 158 g/mol. The van der Waals surface area contributed by atoms with Gasteiger partial charge in [0.05, 0.1) is 0 Å². The van der Waals surface area contributed by atoms with Gasteiger partial charge in [0, 0.05) is 5.54 Å². The highest BCUT2D eigenvalue weighted by Crippen LogP contribution is 1.95. The molecule has 0 bridgehead atoms. The average molecular weight is 159 g/mol. The third-order valence-corrected chi connectivity index (χ3v) is 1.61. The summed E-state index contributed by atoms with van der Waals surface area (Å²) in [6.07, 6.45) is 1.67. The Kier molecular flexibility index (Phi) is 3.68. The van der Waals surface area contributed by atoms with E-state index in [9.17, 15) is 0 Å². The fourth-order valence-corrected chi connectivity index (χ4v) is 0.869. The van der Waals surface area contributed by atoms with E-state index in [2.05, 4.69) is 31.1 Å². The zero-order valence-electron chi connectivity index (χ0n) is 6.03. The van der Waals surface area contributed by atoms with Gasteiger partial charge in [-0.25, -0.2) is 0 Å². The van der Waals surface area contributed by atoms with Gasteiger partial charge >= 0.3 is 0 Å². The fraction of sp³-hybridized carbons (Fsp3) is 0.429. The van der Waals surface area contributed by atoms with E-state index in [4.69, 9.17) is 11.6 Å². The second-order valence-electron chi connectivity index (χ2n) is 2.81. The SMILES string of the molecule is C[Si](C)(C)C#C/C=C\Cl. The van der Waals surface area contributed by atoms with Crippen molar-refractivity contribution in [2.24, 2.45) is 0 Å². The first-order valence-corrected chi connectivity index (χ1v) is 6.78. The molecule has 0 amide bonds. The minimum atomic E-state index is -1.17. The molecule has 0 saturated heterocycles. The van der Waals surface area contributed by atoms with Crippen LogP contribution >= 0.6 is 11.6 Å². The second-order valence-corrected chi connectivity index (χ2v) is 7.81. The molecule has 9 heavy (non-hydrogen) atoms. The normalized spacial score (nSPS) is 11.1. The molecule has 0 aliphatic heterocycles. The molecule has 0 heterocycles. The van der Waals surface area contributed by atoms with Crippen LogP contribution in [-0.4, -0.2) is 8.07 Å². The van der Waals surface area contributed by atoms with Crippen molar-refractivity contribution in [3.05, 3.63) is 11.6 Å². The molecule has 50 valence electrons. The van der Waals surface area contributed by atoms with Crippen LogP contribution in [0.25, 0.3) is 0 Å². The van der Waals surface area contributed by atoms with Gasteiger partial charge in [0.25, 0.3) is 0 Å². The van der Waals surface area contributed by atoms with Crippen molar-refractivity contribution < 1.29 is 0 Å². The Bertz CT molecular complexity index is 154. The van der Waals surface area contributed by atoms with Crippen LogP contribution in [0, 0.1) is 11.5 Å². The van der Waals surface area contributed by atoms with Crippen molar-refractivity contribution in [2.75, 3.05) is 0 Å². The molecule has 0 aromatic heterocycles. The Morgan fingerprint density at radius 1 is 1.33 bits per heavy atom. The van der Waals surface area contributed by atoms with Gasteiger partial charge in [0.1, 0.15) is 8.07 Å². The standard InChI is InChI=1S/C7H11ClSi/c1-9(2,3)7-5-4-6-8/h4,6H,1-3H3/b6-4-. The Morgan fingerprint density at radius 2 is 1.89 bits per heavy atom. The van der Waals surface area contributed by atoms with Crippen molar-refractivity contribution in [3.63, 3.8) is 0 Å². The molecular formula is C7H11ClSi. The van der Waals surface area contributed by atoms with E-state index in [0.717, 1.165) is 0 Å². The minimum absolute atomic E-state index is 1.17. The number of hydrogen-bond acceptors (Lipinski definition) is 0. The highest BCUT2D eigenvalue weighted by atomic mass is 35.5. The van der Waals surface area contributed by atoms with Gasteiger partial charge in [-0.15, -0.1) is 5.54 Å². The van der Waals surface area contributed by atoms with Crippen LogP contribution in [0.15, 0.2) is 11.6 Å². The van der Waals surface area contributed by atoms with Gasteiger partial charge in [0.2, 0.25) is 0 Å². The molecule has 0 atom stereocenters. The van der Waals surface area contributed by atoms with Crippen molar-refractivity contribution in [1.82, 2.24) is 0 Å². The molecule has 0 unspecified atom stereocenters. The van der Waals surface area contributed by atoms with Crippen LogP contribution in [0.1, 0.15) is 0 Å². The van der Waals surface area contributed by atoms with Crippen LogP contribution in [0.2, 0.25) is 19.6 Å². The summed E-state index contributed by atoms with van der Waals surface area (Å²) in [5.74, 6) is 2.87. The first kappa shape index (κ1) is 8.81. The van der Waals surface area contributed by atoms with Gasteiger partial charge in [-0.05, 0) is 6.08 Å². The smallest absolute Gasteiger partial charge is 0.127 e. The molecule has 0 aliphatic carbocycles. The van der Waals surface area contributed by atoms with Crippen LogP contribution in [-0.2, 0) is 0 Å². The maximum absolute atomic E-state index is 5.26. The molecule has 0 fully saturated rings. The third kappa shape index (κ3) is 7.81. The van der Waals surface area contributed by atoms with E-state index in [1.807, 2.05) is 0 Å². The zero-order chi connectivity index (χ0) is 7.33. The molecule has 2 heteroatoms. The minimum Gasteiger partial charge on any atom is -0.127 e. The molecule has 0 radical (unpaired) electrons. The molecule has 0 saturated carbocycles. The summed E-state index contributed by atoms with van der Waals surface area (Å²) in [5.41, 5.74) is 4.58. The van der Waals surface area contributed by atoms with Crippen molar-refractivity contribution in [3.8, 4) is 11.5 Å². The lowest BCUT2D eigenvalue weighted by atomic mass is 10.7. The Labute approximate surface area is 62.9 Å². The summed E-state index contributed by atoms with van der Waals surface area (Å²) >= 11 is 5.26. The molecule has 0 N–H and O–H groups in total. The molecule has 0 spiro atoms. The predicted molar refractivity (Wildman–Crippen MR) is 46.1 cm³/mol. The maximum atomic E-state index is 5.26. The molecule has 0 aliphatic rings. The lowest BCUT2D eigenvalue weighted by Gasteiger charge is -2.01. The molecular weight excluding hydrogens is 148 g/mol. The highest BCUT2D eigenvalue weighted by Gasteiger charge is 2.06. The van der Waals surface area contributed by atoms with Gasteiger partial charge in [-0.3, -0.25) is 0 Å². The number of halogens is 1. The third-order valence-electron chi connectivity index (χ3n) is 0.593. The predicted octanol–water partition coefficient (Wildman–Crippen LogP) is 2.62. The molecule has 0 aromatic carbocycles. The lowest BCUT2D eigenvalue weighted by Crippen LogP contribution is -2.16. The summed E-state index contributed by atoms with van der Waals surface area (Å²) in [6.45, 7) is 6.59. The Hall–Kier alpha value is -0.193. The first-order valence-electron chi connectivity index (χ1n) is 2.84. The lowest BCUT2D eigenvalue weighted by molar-refractivity contribution is 1.81. The molecule has 0 nitrogen and oxygen atoms in total. The van der Waals surface area contributed by atoms with Gasteiger partial charge in [-0.1, -0.05) is 37.2 Å². The summed E-state index contributed by atoms with van der Waals surface area (Å²) in [6, 6.07) is 0. The summed E-state index contributed by atoms with van der Waals surface area (Å²) in [7, 11) is -1.17. The van der Waals surface area contributed by atoms with Gasteiger partial charge in [-0.2, -0.15) is 0 Å². The van der Waals surface area contributed by atoms with E-state index in [1.165, 1.54) is 5.54 Å². The maximum Gasteiger partial charge on any atom is 0.129 e. The topological polar surface area (TPSA) is 0 Å². The molecule has 0 rings (SSSR count). The summed E-state index contributed by atoms with van der Waals surface area (Å²) in [5, 5.41) is 0. The van der Waals surface area contributed by atoms with Crippen molar-refractivity contribution in [2.45, 2.75) is 19.6 Å². The van der Waals surface area contributed by atoms with Crippen molar-refractivity contribution >= 4 is 19.7 Å². The fourth-order valence-electron chi connectivity index (χ4n) is 0.290. The average Bonchev–Trinajstić information content (AvgIpc) is 1.63. The van der Waals surface area contributed by atoms with E-state index >= 15 is 0 Å². The van der Waals surface area contributed by atoms with Crippen LogP contribution < -0.4 is 0 Å².